The van der Waals surface area contributed by atoms with E-state index in [1.165, 1.54) is 18.2 Å². The van der Waals surface area contributed by atoms with Gasteiger partial charge >= 0.3 is 5.97 Å². The van der Waals surface area contributed by atoms with E-state index in [9.17, 15) is 14.4 Å². The van der Waals surface area contributed by atoms with Crippen LogP contribution in [-0.2, 0) is 14.3 Å². The minimum absolute atomic E-state index is 0.00176. The molecule has 1 fully saturated rings. The molecule has 3 rings (SSSR count). The molecular formula is C27H30FNO4. The molecule has 33 heavy (non-hydrogen) atoms. The summed E-state index contributed by atoms with van der Waals surface area (Å²) >= 11 is 0. The monoisotopic (exact) mass is 451 g/mol. The van der Waals surface area contributed by atoms with Gasteiger partial charge in [-0.15, -0.1) is 0 Å². The zero-order chi connectivity index (χ0) is 24.2. The van der Waals surface area contributed by atoms with E-state index in [-0.39, 0.29) is 28.6 Å². The number of ether oxygens (including phenoxy) is 3. The second kappa shape index (κ2) is 9.76. The number of carbonyl (C=O) groups is 1. The van der Waals surface area contributed by atoms with Crippen molar-refractivity contribution >= 4 is 5.97 Å². The Kier molecular flexibility index (Phi) is 7.24. The van der Waals surface area contributed by atoms with Crippen LogP contribution in [0.4, 0.5) is 4.39 Å². The molecule has 5 nitrogen and oxygen atoms in total. The molecule has 0 bridgehead atoms. The zero-order valence-corrected chi connectivity index (χ0v) is 19.7. The highest BCUT2D eigenvalue weighted by atomic mass is 19.1. The number of carbonyl (C=O) groups excluding carboxylic acids is 1. The van der Waals surface area contributed by atoms with Gasteiger partial charge in [0.25, 0.3) is 0 Å². The van der Waals surface area contributed by atoms with Crippen molar-refractivity contribution < 1.29 is 23.4 Å². The van der Waals surface area contributed by atoms with Crippen molar-refractivity contribution in [1.82, 2.24) is 0 Å². The zero-order valence-electron chi connectivity index (χ0n) is 19.7. The number of nitrogens with zero attached hydrogens (tertiary/aromatic N) is 1. The van der Waals surface area contributed by atoms with Crippen molar-refractivity contribution in [2.45, 2.75) is 46.3 Å². The SMILES string of the molecule is CC(C)(C)OCC=C[C@H]1[C@@H](C(=O)O[C@H](C#N)c2ccc(F)c(Oc3ccccc3)c2)C1(C)C. The van der Waals surface area contributed by atoms with Gasteiger partial charge in [-0.05, 0) is 56.4 Å². The van der Waals surface area contributed by atoms with Gasteiger partial charge in [0.05, 0.1) is 18.1 Å². The van der Waals surface area contributed by atoms with E-state index in [2.05, 4.69) is 0 Å². The average Bonchev–Trinajstić information content (AvgIpc) is 3.31. The second-order valence-electron chi connectivity index (χ2n) is 9.73. The van der Waals surface area contributed by atoms with Crippen LogP contribution in [0.25, 0.3) is 0 Å². The Morgan fingerprint density at radius 1 is 1.21 bits per heavy atom. The quantitative estimate of drug-likeness (QED) is 0.345. The summed E-state index contributed by atoms with van der Waals surface area (Å²) in [7, 11) is 0. The van der Waals surface area contributed by atoms with E-state index < -0.39 is 17.9 Å². The smallest absolute Gasteiger partial charge is 0.311 e. The number of allylic oxidation sites excluding steroid dienone is 1. The number of nitriles is 1. The molecule has 2 aromatic carbocycles. The molecule has 0 saturated heterocycles. The third-order valence-electron chi connectivity index (χ3n) is 5.70. The van der Waals surface area contributed by atoms with Crippen LogP contribution in [0.2, 0.25) is 0 Å². The number of hydrogen-bond acceptors (Lipinski definition) is 5. The lowest BCUT2D eigenvalue weighted by Gasteiger charge is -2.17. The molecular weight excluding hydrogens is 421 g/mol. The number of rotatable bonds is 8. The van der Waals surface area contributed by atoms with Crippen molar-refractivity contribution in [1.29, 1.82) is 5.26 Å². The van der Waals surface area contributed by atoms with Gasteiger partial charge in [-0.25, -0.2) is 4.39 Å². The van der Waals surface area contributed by atoms with Crippen molar-refractivity contribution in [2.75, 3.05) is 6.61 Å². The first-order valence-corrected chi connectivity index (χ1v) is 11.0. The number of benzene rings is 2. The average molecular weight is 452 g/mol. The fourth-order valence-corrected chi connectivity index (χ4v) is 3.72. The lowest BCUT2D eigenvalue weighted by molar-refractivity contribution is -0.149. The molecule has 174 valence electrons. The molecule has 1 aliphatic rings. The molecule has 0 amide bonds. The van der Waals surface area contributed by atoms with Crippen LogP contribution in [0.3, 0.4) is 0 Å². The summed E-state index contributed by atoms with van der Waals surface area (Å²) in [5.41, 5.74) is -0.165. The van der Waals surface area contributed by atoms with Crippen molar-refractivity contribution in [3.8, 4) is 17.6 Å². The maximum Gasteiger partial charge on any atom is 0.311 e. The first-order valence-electron chi connectivity index (χ1n) is 11.0. The topological polar surface area (TPSA) is 68.5 Å². The largest absolute Gasteiger partial charge is 0.454 e. The fraction of sp³-hybridized carbons (Fsp3) is 0.407. The molecule has 3 atom stereocenters. The maximum atomic E-state index is 14.3. The Balaban J connectivity index is 1.67. The number of para-hydroxylation sites is 1. The van der Waals surface area contributed by atoms with Crippen LogP contribution in [0.15, 0.2) is 60.7 Å². The molecule has 0 aromatic heterocycles. The van der Waals surface area contributed by atoms with Crippen molar-refractivity contribution in [2.24, 2.45) is 17.3 Å². The summed E-state index contributed by atoms with van der Waals surface area (Å²) in [5, 5.41) is 9.63. The standard InChI is InChI=1S/C27H30FNO4/c1-26(2,3)31-15-9-12-20-24(27(20,4)5)25(30)33-23(17-29)18-13-14-21(28)22(16-18)32-19-10-7-6-8-11-19/h6-14,16,20,23-24H,15H2,1-5H3/t20-,23+,24-/m0/s1. The Morgan fingerprint density at radius 3 is 2.55 bits per heavy atom. The third kappa shape index (κ3) is 6.21. The minimum Gasteiger partial charge on any atom is -0.454 e. The van der Waals surface area contributed by atoms with Crippen LogP contribution in [-0.4, -0.2) is 18.2 Å². The highest BCUT2D eigenvalue weighted by Gasteiger charge is 2.61. The van der Waals surface area contributed by atoms with Crippen molar-refractivity contribution in [3.05, 3.63) is 72.1 Å². The van der Waals surface area contributed by atoms with Gasteiger partial charge < -0.3 is 14.2 Å². The van der Waals surface area contributed by atoms with Gasteiger partial charge in [-0.2, -0.15) is 5.26 Å². The highest BCUT2D eigenvalue weighted by Crippen LogP contribution is 2.59. The summed E-state index contributed by atoms with van der Waals surface area (Å²) in [6.45, 7) is 10.4. The Bertz CT molecular complexity index is 1050. The van der Waals surface area contributed by atoms with Crippen molar-refractivity contribution in [3.63, 3.8) is 0 Å². The van der Waals surface area contributed by atoms with Crippen LogP contribution in [0.5, 0.6) is 11.5 Å². The Morgan fingerprint density at radius 2 is 1.91 bits per heavy atom. The van der Waals surface area contributed by atoms with E-state index in [1.54, 1.807) is 24.3 Å². The van der Waals surface area contributed by atoms with Crippen LogP contribution in [0.1, 0.15) is 46.3 Å². The Hall–Kier alpha value is -3.17. The normalized spacial score (nSPS) is 20.2. The summed E-state index contributed by atoms with van der Waals surface area (Å²) in [5.74, 6) is -0.965. The molecule has 0 radical (unpaired) electrons. The van der Waals surface area contributed by atoms with E-state index in [1.807, 2.05) is 58.9 Å². The maximum absolute atomic E-state index is 14.3. The number of esters is 1. The van der Waals surface area contributed by atoms with E-state index >= 15 is 0 Å². The predicted molar refractivity (Wildman–Crippen MR) is 123 cm³/mol. The van der Waals surface area contributed by atoms with Gasteiger partial charge in [0.15, 0.2) is 11.6 Å². The van der Waals surface area contributed by atoms with Crippen LogP contribution >= 0.6 is 0 Å². The minimum atomic E-state index is -1.17. The molecule has 0 aliphatic heterocycles. The van der Waals surface area contributed by atoms with Gasteiger partial charge in [0.1, 0.15) is 11.8 Å². The molecule has 0 heterocycles. The lowest BCUT2D eigenvalue weighted by atomic mass is 10.1. The number of hydrogen-bond donors (Lipinski definition) is 0. The van der Waals surface area contributed by atoms with Crippen LogP contribution in [0, 0.1) is 34.4 Å². The molecule has 1 aliphatic carbocycles. The molecule has 2 aromatic rings. The van der Waals surface area contributed by atoms with Gasteiger partial charge in [0, 0.05) is 5.56 Å². The first kappa shape index (κ1) is 24.5. The number of halogens is 1. The van der Waals surface area contributed by atoms with Gasteiger partial charge in [-0.1, -0.05) is 50.3 Å². The third-order valence-corrected chi connectivity index (χ3v) is 5.70. The molecule has 1 saturated carbocycles. The molecule has 0 unspecified atom stereocenters. The molecule has 0 N–H and O–H groups in total. The highest BCUT2D eigenvalue weighted by molar-refractivity contribution is 5.78. The molecule has 0 spiro atoms. The van der Waals surface area contributed by atoms with E-state index in [0.29, 0.717) is 17.9 Å². The van der Waals surface area contributed by atoms with Crippen LogP contribution < -0.4 is 4.74 Å². The summed E-state index contributed by atoms with van der Waals surface area (Å²) in [6.07, 6.45) is 2.73. The lowest BCUT2D eigenvalue weighted by Crippen LogP contribution is -2.18. The first-order chi connectivity index (χ1) is 15.5. The Labute approximate surface area is 194 Å². The van der Waals surface area contributed by atoms with E-state index in [4.69, 9.17) is 14.2 Å². The van der Waals surface area contributed by atoms with Gasteiger partial charge in [-0.3, -0.25) is 4.79 Å². The fourth-order valence-electron chi connectivity index (χ4n) is 3.72. The summed E-state index contributed by atoms with van der Waals surface area (Å²) < 4.78 is 31.1. The second-order valence-corrected chi connectivity index (χ2v) is 9.73. The van der Waals surface area contributed by atoms with Gasteiger partial charge in [0.2, 0.25) is 6.10 Å². The molecule has 6 heteroatoms. The predicted octanol–water partition coefficient (Wildman–Crippen LogP) is 6.37. The summed E-state index contributed by atoms with van der Waals surface area (Å²) in [6, 6.07) is 14.8. The van der Waals surface area contributed by atoms with E-state index in [0.717, 1.165) is 0 Å². The summed E-state index contributed by atoms with van der Waals surface area (Å²) in [4.78, 5) is 12.9.